The highest BCUT2D eigenvalue weighted by atomic mass is 16.5. The summed E-state index contributed by atoms with van der Waals surface area (Å²) in [4.78, 5) is 31.7. The number of benzene rings is 15. The smallest absolute Gasteiger partial charge is 0.160 e. The van der Waals surface area contributed by atoms with Crippen LogP contribution in [0.2, 0.25) is 0 Å². The van der Waals surface area contributed by atoms with Crippen LogP contribution in [0, 0.1) is 20.8 Å². The van der Waals surface area contributed by atoms with Crippen LogP contribution in [0.4, 0.5) is 0 Å². The molecule has 23 rings (SSSR count). The summed E-state index contributed by atoms with van der Waals surface area (Å²) in [6, 6.07) is 138. The Balaban J connectivity index is 0.701. The van der Waals surface area contributed by atoms with E-state index >= 15 is 0 Å². The summed E-state index contributed by atoms with van der Waals surface area (Å²) < 4.78 is 14.3. The fraction of sp³-hybridized carbons (Fsp3) is 0.0442. The maximum Gasteiger partial charge on any atom is 0.160 e. The van der Waals surface area contributed by atoms with Crippen LogP contribution in [0.3, 0.4) is 0 Å². The largest absolute Gasteiger partial charge is 0.457 e. The molecule has 15 aromatic carbocycles. The molecule has 6 heterocycles. The molecular weight excluding hydrogens is 1470 g/mol. The first-order valence-corrected chi connectivity index (χ1v) is 41.2. The molecular formula is C113H74N6O2. The van der Waals surface area contributed by atoms with E-state index in [2.05, 4.69) is 377 Å². The molecule has 19 aromatic rings. The number of ether oxygens (including phenoxy) is 2. The number of para-hydroxylation sites is 2. The number of rotatable bonds is 12. The van der Waals surface area contributed by atoms with Crippen molar-refractivity contribution in [2.45, 2.75) is 31.6 Å². The lowest BCUT2D eigenvalue weighted by Crippen LogP contribution is -2.32. The second-order valence-electron chi connectivity index (χ2n) is 32.0. The Morgan fingerprint density at radius 1 is 0.198 bits per heavy atom. The summed E-state index contributed by atoms with van der Waals surface area (Å²) in [6.07, 6.45) is 4.01. The first-order chi connectivity index (χ1) is 59.6. The minimum Gasteiger partial charge on any atom is -0.457 e. The van der Waals surface area contributed by atoms with Gasteiger partial charge in [-0.3, -0.25) is 9.97 Å². The molecule has 0 bridgehead atoms. The first kappa shape index (κ1) is 70.7. The van der Waals surface area contributed by atoms with E-state index in [9.17, 15) is 0 Å². The normalized spacial score (nSPS) is 14.6. The third kappa shape index (κ3) is 11.6. The van der Waals surface area contributed by atoms with Crippen molar-refractivity contribution in [3.05, 3.63) is 456 Å². The Labute approximate surface area is 702 Å². The van der Waals surface area contributed by atoms with Gasteiger partial charge in [0.1, 0.15) is 23.0 Å². The minimum absolute atomic E-state index is 0.583. The van der Waals surface area contributed by atoms with Crippen LogP contribution in [0.5, 0.6) is 23.0 Å². The molecule has 2 aliphatic heterocycles. The monoisotopic (exact) mass is 1550 g/mol. The van der Waals surface area contributed by atoms with Crippen molar-refractivity contribution in [3.8, 4) is 180 Å². The van der Waals surface area contributed by atoms with Gasteiger partial charge in [0.2, 0.25) is 0 Å². The zero-order valence-corrected chi connectivity index (χ0v) is 66.5. The molecule has 2 unspecified atom stereocenters. The van der Waals surface area contributed by atoms with E-state index in [-0.39, 0.29) is 0 Å². The molecule has 4 aliphatic rings. The van der Waals surface area contributed by atoms with Gasteiger partial charge < -0.3 is 9.47 Å². The van der Waals surface area contributed by atoms with Gasteiger partial charge in [0, 0.05) is 90.5 Å². The number of hydrogen-bond acceptors (Lipinski definition) is 8. The van der Waals surface area contributed by atoms with Crippen LogP contribution in [0.25, 0.3) is 157 Å². The average molecular weight is 1550 g/mol. The van der Waals surface area contributed by atoms with Crippen LogP contribution < -0.4 is 9.47 Å². The number of nitrogens with zero attached hydrogens (tertiary/aromatic N) is 6. The maximum absolute atomic E-state index is 7.14. The molecule has 0 amide bonds. The average Bonchev–Trinajstić information content (AvgIpc) is 1.52. The molecule has 0 fully saturated rings. The molecule has 8 heteroatoms. The molecule has 0 saturated carbocycles. The third-order valence-electron chi connectivity index (χ3n) is 25.1. The SMILES string of the molecule is Cc1ccc(-c2ccccc2-c2ccc3c(c2)C2(c4ccccc4Oc4ccc(-c5nc(-c6ccc(-c7cc(-c8ccc(-c9cnc(-c%10ccccc%10)cc9C)cc8)c8c(c7)C7(c9ccccc9Oc9ccc(-c%10nc(C)cc(-c%11ccccc%11)n%10)cc97)c7ccccc7-8)cc6)cc(-c6cccc(-c7ccccc7)c6)n5)cc42)c2ccccc2-3)cn1. The second kappa shape index (κ2) is 28.3. The second-order valence-corrected chi connectivity index (χ2v) is 32.0. The minimum atomic E-state index is -0.886. The molecule has 0 radical (unpaired) electrons. The van der Waals surface area contributed by atoms with Gasteiger partial charge >= 0.3 is 0 Å². The van der Waals surface area contributed by atoms with Gasteiger partial charge in [-0.25, -0.2) is 19.9 Å². The van der Waals surface area contributed by atoms with Crippen LogP contribution in [0.15, 0.2) is 395 Å². The van der Waals surface area contributed by atoms with E-state index in [1.54, 1.807) is 0 Å². The lowest BCUT2D eigenvalue weighted by Gasteiger charge is -2.39. The zero-order chi connectivity index (χ0) is 80.4. The predicted octanol–water partition coefficient (Wildman–Crippen LogP) is 27.9. The van der Waals surface area contributed by atoms with Crippen LogP contribution >= 0.6 is 0 Å². The van der Waals surface area contributed by atoms with Gasteiger partial charge in [-0.1, -0.05) is 285 Å². The third-order valence-corrected chi connectivity index (χ3v) is 25.1. The fourth-order valence-electron chi connectivity index (χ4n) is 19.5. The molecule has 8 nitrogen and oxygen atoms in total. The van der Waals surface area contributed by atoms with Gasteiger partial charge in [0.05, 0.1) is 33.6 Å². The Hall–Kier alpha value is -15.6. The number of hydrogen-bond donors (Lipinski definition) is 0. The van der Waals surface area contributed by atoms with Gasteiger partial charge in [-0.15, -0.1) is 0 Å². The topological polar surface area (TPSA) is 95.8 Å². The highest BCUT2D eigenvalue weighted by molar-refractivity contribution is 6.00. The van der Waals surface area contributed by atoms with Crippen molar-refractivity contribution in [2.75, 3.05) is 0 Å². The molecule has 0 saturated heterocycles. The highest BCUT2D eigenvalue weighted by Crippen LogP contribution is 2.66. The van der Waals surface area contributed by atoms with Gasteiger partial charge in [0.15, 0.2) is 11.6 Å². The number of aromatic nitrogens is 6. The highest BCUT2D eigenvalue weighted by Gasteiger charge is 2.54. The fourth-order valence-corrected chi connectivity index (χ4v) is 19.5. The first-order valence-electron chi connectivity index (χ1n) is 41.2. The van der Waals surface area contributed by atoms with Gasteiger partial charge in [-0.05, 0) is 224 Å². The summed E-state index contributed by atoms with van der Waals surface area (Å²) in [7, 11) is 0. The van der Waals surface area contributed by atoms with E-state index in [0.717, 1.165) is 207 Å². The van der Waals surface area contributed by atoms with Gasteiger partial charge in [0.25, 0.3) is 0 Å². The molecule has 2 spiro atoms. The summed E-state index contributed by atoms with van der Waals surface area (Å²) in [6.45, 7) is 6.26. The zero-order valence-electron chi connectivity index (χ0n) is 66.5. The lowest BCUT2D eigenvalue weighted by atomic mass is 9.65. The number of fused-ring (bicyclic) bond motifs is 18. The number of pyridine rings is 2. The standard InChI is InChI=1S/C113H74N6O2/c1-69-58-101(76-26-9-5-10-27-76)115-68-92(69)75-48-46-74(47-49-75)91-61-85(65-100-109(91)90-35-16-18-37-94(90)113(100)96-39-20-22-41-106(96)121-108-56-53-82(63-99(108)113)110-116-71(3)59-102(117-110)77-28-11-6-12-29-77)73-44-50-78(51-45-73)103-66-104(81-31-23-30-79(60-81)72-24-7-4-8-25-72)119-111(118-103)83-54-57-107-98(64-83)112(95-38-19-21-40-105(95)120-107)93-36-17-15-34-88(93)89-55-52-80(62-97(89)112)86-32-13-14-33-87(86)84-43-42-70(2)114-67-84/h4-68H,1-3H3. The Morgan fingerprint density at radius 3 is 1.26 bits per heavy atom. The molecule has 2 aliphatic carbocycles. The van der Waals surface area contributed by atoms with Crippen molar-refractivity contribution in [1.82, 2.24) is 29.9 Å². The van der Waals surface area contributed by atoms with Crippen molar-refractivity contribution in [2.24, 2.45) is 0 Å². The quantitative estimate of drug-likeness (QED) is 0.119. The summed E-state index contributed by atoms with van der Waals surface area (Å²) in [5, 5.41) is 0. The predicted molar refractivity (Wildman–Crippen MR) is 487 cm³/mol. The van der Waals surface area contributed by atoms with E-state index in [1.807, 2.05) is 38.4 Å². The van der Waals surface area contributed by atoms with Crippen molar-refractivity contribution in [1.29, 1.82) is 0 Å². The van der Waals surface area contributed by atoms with E-state index in [0.29, 0.717) is 11.6 Å². The summed E-state index contributed by atoms with van der Waals surface area (Å²) >= 11 is 0. The van der Waals surface area contributed by atoms with E-state index in [1.165, 1.54) is 22.3 Å². The van der Waals surface area contributed by atoms with Crippen LogP contribution in [0.1, 0.15) is 61.5 Å². The van der Waals surface area contributed by atoms with Gasteiger partial charge in [-0.2, -0.15) is 0 Å². The maximum atomic E-state index is 7.14. The van der Waals surface area contributed by atoms with Crippen LogP contribution in [-0.2, 0) is 10.8 Å². The molecule has 121 heavy (non-hydrogen) atoms. The van der Waals surface area contributed by atoms with Crippen molar-refractivity contribution < 1.29 is 9.47 Å². The van der Waals surface area contributed by atoms with Crippen molar-refractivity contribution in [3.63, 3.8) is 0 Å². The van der Waals surface area contributed by atoms with Crippen LogP contribution in [-0.4, -0.2) is 29.9 Å². The molecule has 4 aromatic heterocycles. The lowest BCUT2D eigenvalue weighted by molar-refractivity contribution is 0.436. The number of aryl methyl sites for hydroxylation is 3. The van der Waals surface area contributed by atoms with E-state index < -0.39 is 10.8 Å². The summed E-state index contributed by atoms with van der Waals surface area (Å²) in [5.41, 5.74) is 37.0. The molecule has 2 atom stereocenters. The Kier molecular flexibility index (Phi) is 16.6. The Morgan fingerprint density at radius 2 is 0.628 bits per heavy atom. The van der Waals surface area contributed by atoms with E-state index in [4.69, 9.17) is 39.4 Å². The Bertz CT molecular complexity index is 7410. The molecule has 0 N–H and O–H groups in total. The summed E-state index contributed by atoms with van der Waals surface area (Å²) in [5.74, 6) is 4.38. The van der Waals surface area contributed by atoms with Crippen molar-refractivity contribution >= 4 is 0 Å². The molecule has 568 valence electrons.